The van der Waals surface area contributed by atoms with Crippen LogP contribution in [0.5, 0.6) is 0 Å². The van der Waals surface area contributed by atoms with Gasteiger partial charge in [0.25, 0.3) is 0 Å². The van der Waals surface area contributed by atoms with Gasteiger partial charge in [0.1, 0.15) is 18.1 Å². The van der Waals surface area contributed by atoms with Crippen molar-refractivity contribution in [2.75, 3.05) is 13.2 Å². The third-order valence-corrected chi connectivity index (χ3v) is 5.21. The summed E-state index contributed by atoms with van der Waals surface area (Å²) in [4.78, 5) is 48.9. The van der Waals surface area contributed by atoms with Crippen molar-refractivity contribution in [2.45, 2.75) is 71.1 Å². The number of amides is 3. The zero-order valence-corrected chi connectivity index (χ0v) is 17.5. The molecule has 0 aromatic rings. The Morgan fingerprint density at radius 1 is 1.03 bits per heavy atom. The van der Waals surface area contributed by atoms with Gasteiger partial charge in [0.15, 0.2) is 0 Å². The van der Waals surface area contributed by atoms with Gasteiger partial charge < -0.3 is 31.5 Å². The Labute approximate surface area is 171 Å². The minimum Gasteiger partial charge on any atom is -0.480 e. The van der Waals surface area contributed by atoms with Crippen LogP contribution in [0.25, 0.3) is 0 Å². The van der Waals surface area contributed by atoms with E-state index in [9.17, 15) is 19.2 Å². The minimum atomic E-state index is -1.46. The quantitative estimate of drug-likeness (QED) is 0.252. The second-order valence-electron chi connectivity index (χ2n) is 7.83. The number of rotatable bonds is 11. The van der Waals surface area contributed by atoms with Gasteiger partial charge in [-0.15, -0.1) is 0 Å². The molecule has 0 aromatic carbocycles. The zero-order chi connectivity index (χ0) is 22.1. The normalized spacial score (nSPS) is 20.4. The summed E-state index contributed by atoms with van der Waals surface area (Å²) in [6, 6.07) is -3.63. The molecule has 29 heavy (non-hydrogen) atoms. The van der Waals surface area contributed by atoms with Crippen molar-refractivity contribution in [3.8, 4) is 0 Å². The van der Waals surface area contributed by atoms with E-state index in [1.807, 2.05) is 6.92 Å². The van der Waals surface area contributed by atoms with Gasteiger partial charge in [-0.25, -0.2) is 4.79 Å². The predicted octanol–water partition coefficient (Wildman–Crippen LogP) is -1.03. The lowest BCUT2D eigenvalue weighted by Gasteiger charge is -2.29. The molecule has 3 amide bonds. The summed E-state index contributed by atoms with van der Waals surface area (Å²) in [6.45, 7) is 7.16. The first kappa shape index (κ1) is 24.8. The highest BCUT2D eigenvalue weighted by molar-refractivity contribution is 5.94. The van der Waals surface area contributed by atoms with Crippen LogP contribution < -0.4 is 21.3 Å². The molecule has 0 aromatic heterocycles. The van der Waals surface area contributed by atoms with Gasteiger partial charge in [-0.05, 0) is 31.2 Å². The summed E-state index contributed by atoms with van der Waals surface area (Å²) in [7, 11) is 0. The number of aliphatic hydroxyl groups is 1. The Hall–Kier alpha value is -2.20. The molecular weight excluding hydrogens is 380 g/mol. The van der Waals surface area contributed by atoms with E-state index in [2.05, 4.69) is 21.3 Å². The minimum absolute atomic E-state index is 0.217. The van der Waals surface area contributed by atoms with Crippen LogP contribution in [0.15, 0.2) is 0 Å². The Bertz CT molecular complexity index is 591. The largest absolute Gasteiger partial charge is 0.480 e. The molecule has 0 bridgehead atoms. The topological polar surface area (TPSA) is 157 Å². The van der Waals surface area contributed by atoms with Crippen molar-refractivity contribution in [3.63, 3.8) is 0 Å². The lowest BCUT2D eigenvalue weighted by atomic mass is 9.96. The highest BCUT2D eigenvalue weighted by Gasteiger charge is 2.34. The van der Waals surface area contributed by atoms with Gasteiger partial charge in [0.05, 0.1) is 12.6 Å². The molecule has 0 aliphatic carbocycles. The summed E-state index contributed by atoms with van der Waals surface area (Å²) in [5, 5.41) is 28.9. The van der Waals surface area contributed by atoms with Gasteiger partial charge in [-0.1, -0.05) is 34.1 Å². The van der Waals surface area contributed by atoms with Gasteiger partial charge in [0.2, 0.25) is 17.7 Å². The molecule has 1 heterocycles. The van der Waals surface area contributed by atoms with Crippen LogP contribution in [-0.4, -0.2) is 71.2 Å². The van der Waals surface area contributed by atoms with Gasteiger partial charge in [-0.2, -0.15) is 0 Å². The van der Waals surface area contributed by atoms with Crippen LogP contribution in [0, 0.1) is 11.8 Å². The lowest BCUT2D eigenvalue weighted by molar-refractivity contribution is -0.143. The van der Waals surface area contributed by atoms with Crippen LogP contribution in [0.2, 0.25) is 0 Å². The number of aliphatic hydroxyl groups excluding tert-OH is 1. The van der Waals surface area contributed by atoms with Crippen molar-refractivity contribution >= 4 is 23.7 Å². The monoisotopic (exact) mass is 414 g/mol. The molecule has 1 rings (SSSR count). The molecule has 10 nitrogen and oxygen atoms in total. The average Bonchev–Trinajstić information content (AvgIpc) is 3.21. The highest BCUT2D eigenvalue weighted by atomic mass is 16.4. The van der Waals surface area contributed by atoms with E-state index in [-0.39, 0.29) is 23.8 Å². The number of carbonyl (C=O) groups is 4. The lowest BCUT2D eigenvalue weighted by Crippen LogP contribution is -2.60. The summed E-state index contributed by atoms with van der Waals surface area (Å²) in [5.41, 5.74) is 0. The molecular formula is C19H34N4O6. The standard InChI is InChI=1S/C19H34N4O6/c1-5-11(4)15(18(27)21-13(9-24)19(28)29)23-17(26)14(10(2)3)22-16(25)12-7-6-8-20-12/h10-15,20,24H,5-9H2,1-4H3,(H,21,27)(H,22,25)(H,23,26)(H,28,29). The predicted molar refractivity (Wildman–Crippen MR) is 106 cm³/mol. The van der Waals surface area contributed by atoms with E-state index < -0.39 is 42.5 Å². The number of hydrogen-bond acceptors (Lipinski definition) is 6. The molecule has 0 radical (unpaired) electrons. The van der Waals surface area contributed by atoms with E-state index in [0.717, 1.165) is 13.0 Å². The molecule has 10 heteroatoms. The summed E-state index contributed by atoms with van der Waals surface area (Å²) < 4.78 is 0. The Morgan fingerprint density at radius 3 is 2.10 bits per heavy atom. The number of carboxylic acids is 1. The maximum absolute atomic E-state index is 12.9. The summed E-state index contributed by atoms with van der Waals surface area (Å²) >= 11 is 0. The van der Waals surface area contributed by atoms with Gasteiger partial charge in [0, 0.05) is 0 Å². The molecule has 1 aliphatic rings. The maximum atomic E-state index is 12.9. The van der Waals surface area contributed by atoms with E-state index in [4.69, 9.17) is 10.2 Å². The van der Waals surface area contributed by atoms with E-state index in [1.54, 1.807) is 20.8 Å². The Morgan fingerprint density at radius 2 is 1.66 bits per heavy atom. The third-order valence-electron chi connectivity index (χ3n) is 5.21. The van der Waals surface area contributed by atoms with Crippen LogP contribution in [-0.2, 0) is 19.2 Å². The van der Waals surface area contributed by atoms with Gasteiger partial charge in [-0.3, -0.25) is 14.4 Å². The van der Waals surface area contributed by atoms with E-state index >= 15 is 0 Å². The number of carboxylic acid groups (broad SMARTS) is 1. The highest BCUT2D eigenvalue weighted by Crippen LogP contribution is 2.12. The number of nitrogens with one attached hydrogen (secondary N) is 4. The van der Waals surface area contributed by atoms with Gasteiger partial charge >= 0.3 is 5.97 Å². The first-order valence-electron chi connectivity index (χ1n) is 10.1. The van der Waals surface area contributed by atoms with Crippen molar-refractivity contribution in [1.82, 2.24) is 21.3 Å². The van der Waals surface area contributed by atoms with E-state index in [0.29, 0.717) is 12.8 Å². The molecule has 166 valence electrons. The molecule has 5 unspecified atom stereocenters. The smallest absolute Gasteiger partial charge is 0.328 e. The first-order chi connectivity index (χ1) is 13.6. The molecule has 1 aliphatic heterocycles. The Kier molecular flexibility index (Phi) is 10.0. The first-order valence-corrected chi connectivity index (χ1v) is 10.1. The van der Waals surface area contributed by atoms with Crippen LogP contribution >= 0.6 is 0 Å². The molecule has 5 atom stereocenters. The number of aliphatic carboxylic acids is 1. The number of hydrogen-bond donors (Lipinski definition) is 6. The van der Waals surface area contributed by atoms with Crippen LogP contribution in [0.1, 0.15) is 47.0 Å². The molecule has 1 fully saturated rings. The second kappa shape index (κ2) is 11.7. The fourth-order valence-electron chi connectivity index (χ4n) is 3.09. The van der Waals surface area contributed by atoms with Crippen molar-refractivity contribution in [3.05, 3.63) is 0 Å². The summed E-state index contributed by atoms with van der Waals surface area (Å²) in [6.07, 6.45) is 2.15. The SMILES string of the molecule is CCC(C)C(NC(=O)C(NC(=O)C1CCCN1)C(C)C)C(=O)NC(CO)C(=O)O. The zero-order valence-electron chi connectivity index (χ0n) is 17.5. The van der Waals surface area contributed by atoms with Crippen molar-refractivity contribution in [1.29, 1.82) is 0 Å². The molecule has 0 saturated carbocycles. The van der Waals surface area contributed by atoms with Crippen LogP contribution in [0.4, 0.5) is 0 Å². The fourth-order valence-corrected chi connectivity index (χ4v) is 3.09. The van der Waals surface area contributed by atoms with Crippen LogP contribution in [0.3, 0.4) is 0 Å². The molecule has 0 spiro atoms. The van der Waals surface area contributed by atoms with Crippen molar-refractivity contribution < 1.29 is 29.4 Å². The summed E-state index contributed by atoms with van der Waals surface area (Å²) in [5.74, 6) is -3.33. The molecule has 1 saturated heterocycles. The molecule has 6 N–H and O–H groups in total. The van der Waals surface area contributed by atoms with Crippen molar-refractivity contribution in [2.24, 2.45) is 11.8 Å². The van der Waals surface area contributed by atoms with E-state index in [1.165, 1.54) is 0 Å². The third kappa shape index (κ3) is 7.28. The average molecular weight is 415 g/mol. The number of carbonyl (C=O) groups excluding carboxylic acids is 3. The Balaban J connectivity index is 2.88. The fraction of sp³-hybridized carbons (Fsp3) is 0.789. The second-order valence-corrected chi connectivity index (χ2v) is 7.83. The maximum Gasteiger partial charge on any atom is 0.328 e.